The van der Waals surface area contributed by atoms with Crippen LogP contribution in [0.5, 0.6) is 0 Å². The van der Waals surface area contributed by atoms with Gasteiger partial charge in [0.05, 0.1) is 0 Å². The molecule has 20 heavy (non-hydrogen) atoms. The number of hydrogen-bond donors (Lipinski definition) is 1. The van der Waals surface area contributed by atoms with Crippen molar-refractivity contribution in [1.29, 1.82) is 0 Å². The van der Waals surface area contributed by atoms with Crippen LogP contribution in [0.1, 0.15) is 37.8 Å². The maximum Gasteiger partial charge on any atom is 0.123 e. The standard InChI is InChI=1S/C17H27FN2/c1-13-7-8-15(18)11-14(13)12-16(19-4)17(2,3)20-9-5-6-10-20/h7-8,11,16,19H,5-6,9-10,12H2,1-4H3. The first-order valence-corrected chi connectivity index (χ1v) is 7.62. The van der Waals surface area contributed by atoms with Gasteiger partial charge in [-0.1, -0.05) is 6.07 Å². The number of benzene rings is 1. The molecule has 1 saturated heterocycles. The summed E-state index contributed by atoms with van der Waals surface area (Å²) in [4.78, 5) is 2.56. The Morgan fingerprint density at radius 2 is 1.95 bits per heavy atom. The molecule has 1 aromatic carbocycles. The van der Waals surface area contributed by atoms with Gasteiger partial charge in [-0.05, 0) is 83.4 Å². The zero-order valence-electron chi connectivity index (χ0n) is 13.2. The minimum absolute atomic E-state index is 0.0873. The van der Waals surface area contributed by atoms with E-state index in [1.165, 1.54) is 31.5 Å². The summed E-state index contributed by atoms with van der Waals surface area (Å²) in [6, 6.07) is 5.42. The summed E-state index contributed by atoms with van der Waals surface area (Å²) in [6.07, 6.45) is 3.45. The maximum atomic E-state index is 13.5. The first-order chi connectivity index (χ1) is 9.45. The molecule has 0 spiro atoms. The summed E-state index contributed by atoms with van der Waals surface area (Å²) in [7, 11) is 2.01. The van der Waals surface area contributed by atoms with Crippen molar-refractivity contribution < 1.29 is 4.39 Å². The molecule has 0 aromatic heterocycles. The Labute approximate surface area is 122 Å². The van der Waals surface area contributed by atoms with Gasteiger partial charge in [0.25, 0.3) is 0 Å². The van der Waals surface area contributed by atoms with Crippen molar-refractivity contribution in [3.63, 3.8) is 0 Å². The van der Waals surface area contributed by atoms with Crippen LogP contribution >= 0.6 is 0 Å². The monoisotopic (exact) mass is 278 g/mol. The first-order valence-electron chi connectivity index (χ1n) is 7.62. The largest absolute Gasteiger partial charge is 0.315 e. The van der Waals surface area contributed by atoms with Crippen molar-refractivity contribution in [1.82, 2.24) is 10.2 Å². The normalized spacial score (nSPS) is 18.4. The number of nitrogens with one attached hydrogen (secondary N) is 1. The Hall–Kier alpha value is -0.930. The average molecular weight is 278 g/mol. The molecule has 1 heterocycles. The molecule has 1 atom stereocenters. The van der Waals surface area contributed by atoms with Gasteiger partial charge in [-0.25, -0.2) is 4.39 Å². The SMILES string of the molecule is CNC(Cc1cc(F)ccc1C)C(C)(C)N1CCCC1. The maximum absolute atomic E-state index is 13.5. The van der Waals surface area contributed by atoms with E-state index in [-0.39, 0.29) is 11.4 Å². The van der Waals surface area contributed by atoms with E-state index in [1.807, 2.05) is 13.1 Å². The van der Waals surface area contributed by atoms with Gasteiger partial charge in [-0.3, -0.25) is 4.90 Å². The van der Waals surface area contributed by atoms with Crippen molar-refractivity contribution in [3.8, 4) is 0 Å². The number of hydrogen-bond acceptors (Lipinski definition) is 2. The van der Waals surface area contributed by atoms with E-state index >= 15 is 0 Å². The molecule has 0 radical (unpaired) electrons. The first kappa shape index (κ1) is 15.5. The molecule has 1 aliphatic rings. The molecule has 2 rings (SSSR count). The van der Waals surface area contributed by atoms with Crippen LogP contribution in [-0.4, -0.2) is 36.6 Å². The number of halogens is 1. The van der Waals surface area contributed by atoms with E-state index in [2.05, 4.69) is 31.0 Å². The summed E-state index contributed by atoms with van der Waals surface area (Å²) >= 11 is 0. The highest BCUT2D eigenvalue weighted by Gasteiger charge is 2.36. The molecular formula is C17H27FN2. The molecular weight excluding hydrogens is 251 g/mol. The third kappa shape index (κ3) is 3.21. The van der Waals surface area contributed by atoms with Crippen LogP contribution in [0, 0.1) is 12.7 Å². The molecule has 2 nitrogen and oxygen atoms in total. The van der Waals surface area contributed by atoms with Crippen molar-refractivity contribution >= 4 is 0 Å². The predicted molar refractivity (Wildman–Crippen MR) is 82.6 cm³/mol. The van der Waals surface area contributed by atoms with E-state index in [0.29, 0.717) is 6.04 Å². The van der Waals surface area contributed by atoms with Gasteiger partial charge in [0.2, 0.25) is 0 Å². The van der Waals surface area contributed by atoms with Crippen molar-refractivity contribution in [2.75, 3.05) is 20.1 Å². The minimum atomic E-state index is -0.139. The van der Waals surface area contributed by atoms with Gasteiger partial charge in [0, 0.05) is 11.6 Å². The molecule has 1 aromatic rings. The zero-order chi connectivity index (χ0) is 14.8. The molecule has 1 N–H and O–H groups in total. The highest BCUT2D eigenvalue weighted by Crippen LogP contribution is 2.27. The lowest BCUT2D eigenvalue weighted by Gasteiger charge is -2.42. The third-order valence-electron chi connectivity index (χ3n) is 4.86. The quantitative estimate of drug-likeness (QED) is 0.890. The Morgan fingerprint density at radius 1 is 1.30 bits per heavy atom. The number of aryl methyl sites for hydroxylation is 1. The summed E-state index contributed by atoms with van der Waals surface area (Å²) < 4.78 is 13.5. The molecule has 3 heteroatoms. The van der Waals surface area contributed by atoms with Gasteiger partial charge in [-0.15, -0.1) is 0 Å². The van der Waals surface area contributed by atoms with Crippen LogP contribution in [0.25, 0.3) is 0 Å². The highest BCUT2D eigenvalue weighted by atomic mass is 19.1. The summed E-state index contributed by atoms with van der Waals surface area (Å²) in [5.74, 6) is -0.139. The van der Waals surface area contributed by atoms with Crippen LogP contribution in [0.3, 0.4) is 0 Å². The number of rotatable bonds is 5. The minimum Gasteiger partial charge on any atom is -0.315 e. The van der Waals surface area contributed by atoms with Gasteiger partial charge in [0.15, 0.2) is 0 Å². The van der Waals surface area contributed by atoms with Crippen molar-refractivity contribution in [2.24, 2.45) is 0 Å². The fourth-order valence-electron chi connectivity index (χ4n) is 3.30. The van der Waals surface area contributed by atoms with Crippen LogP contribution in [0.2, 0.25) is 0 Å². The molecule has 0 bridgehead atoms. The molecule has 1 unspecified atom stereocenters. The highest BCUT2D eigenvalue weighted by molar-refractivity contribution is 5.28. The van der Waals surface area contributed by atoms with Gasteiger partial charge in [-0.2, -0.15) is 0 Å². The molecule has 1 fully saturated rings. The predicted octanol–water partition coefficient (Wildman–Crippen LogP) is 3.14. The average Bonchev–Trinajstić information content (AvgIpc) is 2.94. The van der Waals surface area contributed by atoms with Crippen LogP contribution in [0.15, 0.2) is 18.2 Å². The van der Waals surface area contributed by atoms with Crippen LogP contribution in [0.4, 0.5) is 4.39 Å². The van der Waals surface area contributed by atoms with Crippen molar-refractivity contribution in [2.45, 2.75) is 51.6 Å². The van der Waals surface area contributed by atoms with Gasteiger partial charge < -0.3 is 5.32 Å². The van der Waals surface area contributed by atoms with Crippen LogP contribution in [-0.2, 0) is 6.42 Å². The smallest absolute Gasteiger partial charge is 0.123 e. The van der Waals surface area contributed by atoms with Gasteiger partial charge in [0.1, 0.15) is 5.82 Å². The third-order valence-corrected chi connectivity index (χ3v) is 4.86. The zero-order valence-corrected chi connectivity index (χ0v) is 13.2. The summed E-state index contributed by atoms with van der Waals surface area (Å²) in [6.45, 7) is 9.01. The fourth-order valence-corrected chi connectivity index (χ4v) is 3.30. The second-order valence-corrected chi connectivity index (χ2v) is 6.46. The van der Waals surface area contributed by atoms with E-state index in [9.17, 15) is 4.39 Å². The second-order valence-electron chi connectivity index (χ2n) is 6.46. The molecule has 0 aliphatic carbocycles. The Bertz CT molecular complexity index is 450. The van der Waals surface area contributed by atoms with E-state index in [4.69, 9.17) is 0 Å². The van der Waals surface area contributed by atoms with Crippen molar-refractivity contribution in [3.05, 3.63) is 35.1 Å². The summed E-state index contributed by atoms with van der Waals surface area (Å²) in [5, 5.41) is 3.45. The lowest BCUT2D eigenvalue weighted by Crippen LogP contribution is -2.57. The lowest BCUT2D eigenvalue weighted by atomic mass is 9.86. The molecule has 112 valence electrons. The molecule has 0 amide bonds. The number of likely N-dealkylation sites (N-methyl/N-ethyl adjacent to an activating group) is 1. The number of likely N-dealkylation sites (tertiary alicyclic amines) is 1. The molecule has 1 aliphatic heterocycles. The fraction of sp³-hybridized carbons (Fsp3) is 0.647. The van der Waals surface area contributed by atoms with Gasteiger partial charge >= 0.3 is 0 Å². The Morgan fingerprint density at radius 3 is 2.55 bits per heavy atom. The van der Waals surface area contributed by atoms with E-state index in [0.717, 1.165) is 12.0 Å². The lowest BCUT2D eigenvalue weighted by molar-refractivity contribution is 0.110. The Balaban J connectivity index is 2.17. The molecule has 0 saturated carbocycles. The van der Waals surface area contributed by atoms with E-state index in [1.54, 1.807) is 12.1 Å². The number of nitrogens with zero attached hydrogens (tertiary/aromatic N) is 1. The summed E-state index contributed by atoms with van der Waals surface area (Å²) in [5.41, 5.74) is 2.37. The van der Waals surface area contributed by atoms with Crippen LogP contribution < -0.4 is 5.32 Å². The Kier molecular flexibility index (Phi) is 4.82. The second kappa shape index (κ2) is 6.23. The topological polar surface area (TPSA) is 15.3 Å². The van der Waals surface area contributed by atoms with E-state index < -0.39 is 0 Å².